The van der Waals surface area contributed by atoms with Crippen LogP contribution >= 0.6 is 0 Å². The highest BCUT2D eigenvalue weighted by atomic mass is 19.4. The lowest BCUT2D eigenvalue weighted by Crippen LogP contribution is -2.32. The third-order valence-corrected chi connectivity index (χ3v) is 2.39. The lowest BCUT2D eigenvalue weighted by Gasteiger charge is -2.13. The molecule has 1 rings (SSSR count). The number of hydrogen-bond acceptors (Lipinski definition) is 2. The summed E-state index contributed by atoms with van der Waals surface area (Å²) in [5, 5.41) is 8.56. The van der Waals surface area contributed by atoms with E-state index in [9.17, 15) is 18.0 Å². The molecule has 2 N–H and O–H groups in total. The summed E-state index contributed by atoms with van der Waals surface area (Å²) in [4.78, 5) is 11.3. The quantitative estimate of drug-likeness (QED) is 0.877. The minimum atomic E-state index is -4.54. The van der Waals surface area contributed by atoms with Gasteiger partial charge >= 0.3 is 6.18 Å². The van der Waals surface area contributed by atoms with Crippen molar-refractivity contribution in [3.63, 3.8) is 0 Å². The van der Waals surface area contributed by atoms with Crippen molar-refractivity contribution in [1.82, 2.24) is 10.2 Å². The van der Waals surface area contributed by atoms with Crippen molar-refractivity contribution >= 4 is 11.7 Å². The van der Waals surface area contributed by atoms with E-state index in [4.69, 9.17) is 0 Å². The average Bonchev–Trinajstić information content (AvgIpc) is 2.61. The predicted octanol–water partition coefficient (Wildman–Crippen LogP) is 2.75. The van der Waals surface area contributed by atoms with Gasteiger partial charge in [0.1, 0.15) is 5.92 Å². The highest BCUT2D eigenvalue weighted by Gasteiger charge is 2.41. The van der Waals surface area contributed by atoms with Crippen molar-refractivity contribution in [3.05, 3.63) is 11.8 Å². The summed E-state index contributed by atoms with van der Waals surface area (Å²) in [6, 6.07) is 1.54. The van der Waals surface area contributed by atoms with Crippen LogP contribution in [0.5, 0.6) is 0 Å². The molecule has 1 amide bonds. The highest BCUT2D eigenvalue weighted by molar-refractivity contribution is 5.91. The molecule has 0 saturated carbocycles. The number of aromatic amines is 1. The van der Waals surface area contributed by atoms with E-state index >= 15 is 0 Å². The zero-order chi connectivity index (χ0) is 13.9. The van der Waals surface area contributed by atoms with E-state index in [0.717, 1.165) is 19.0 Å². The van der Waals surface area contributed by atoms with E-state index in [-0.39, 0.29) is 5.82 Å². The summed E-state index contributed by atoms with van der Waals surface area (Å²) >= 11 is 0. The van der Waals surface area contributed by atoms with Gasteiger partial charge in [-0.3, -0.25) is 9.89 Å². The first-order valence-electron chi connectivity index (χ1n) is 5.62. The van der Waals surface area contributed by atoms with Gasteiger partial charge in [0.2, 0.25) is 5.91 Å². The number of nitrogens with one attached hydrogen (secondary N) is 2. The summed E-state index contributed by atoms with van der Waals surface area (Å²) in [6.07, 6.45) is -3.82. The fourth-order valence-corrected chi connectivity index (χ4v) is 1.35. The van der Waals surface area contributed by atoms with Crippen LogP contribution in [0.4, 0.5) is 19.0 Å². The molecule has 0 saturated heterocycles. The summed E-state index contributed by atoms with van der Waals surface area (Å²) in [7, 11) is 0. The average molecular weight is 263 g/mol. The van der Waals surface area contributed by atoms with Gasteiger partial charge in [0, 0.05) is 11.8 Å². The van der Waals surface area contributed by atoms with Gasteiger partial charge in [-0.1, -0.05) is 13.8 Å². The molecule has 0 bridgehead atoms. The molecule has 1 unspecified atom stereocenters. The maximum Gasteiger partial charge on any atom is 0.400 e. The molecule has 102 valence electrons. The maximum atomic E-state index is 12.3. The maximum absolute atomic E-state index is 12.3. The van der Waals surface area contributed by atoms with Crippen molar-refractivity contribution < 1.29 is 18.0 Å². The Labute approximate surface area is 103 Å². The topological polar surface area (TPSA) is 57.8 Å². The fourth-order valence-electron chi connectivity index (χ4n) is 1.35. The second-order valence-electron chi connectivity index (χ2n) is 4.63. The van der Waals surface area contributed by atoms with Crippen LogP contribution < -0.4 is 5.32 Å². The number of carbonyl (C=O) groups is 1. The molecule has 0 aromatic carbocycles. The molecule has 0 aliphatic rings. The number of halogens is 3. The second kappa shape index (κ2) is 5.41. The summed E-state index contributed by atoms with van der Waals surface area (Å²) < 4.78 is 36.9. The zero-order valence-corrected chi connectivity index (χ0v) is 10.4. The monoisotopic (exact) mass is 263 g/mol. The lowest BCUT2D eigenvalue weighted by molar-refractivity contribution is -0.175. The van der Waals surface area contributed by atoms with Crippen LogP contribution in [0.1, 0.15) is 26.5 Å². The number of alkyl halides is 3. The van der Waals surface area contributed by atoms with E-state index in [1.165, 1.54) is 0 Å². The van der Waals surface area contributed by atoms with Gasteiger partial charge in [-0.05, 0) is 19.3 Å². The van der Waals surface area contributed by atoms with Crippen LogP contribution in [-0.2, 0) is 11.2 Å². The minimum Gasteiger partial charge on any atom is -0.309 e. The number of hydrogen-bond donors (Lipinski definition) is 2. The van der Waals surface area contributed by atoms with Crippen LogP contribution in [0.3, 0.4) is 0 Å². The van der Waals surface area contributed by atoms with E-state index in [2.05, 4.69) is 15.5 Å². The molecule has 4 nitrogen and oxygen atoms in total. The lowest BCUT2D eigenvalue weighted by atomic mass is 10.1. The normalized spacial score (nSPS) is 13.7. The molecule has 18 heavy (non-hydrogen) atoms. The number of anilines is 1. The Morgan fingerprint density at radius 1 is 1.44 bits per heavy atom. The van der Waals surface area contributed by atoms with Gasteiger partial charge in [0.15, 0.2) is 5.82 Å². The predicted molar refractivity (Wildman–Crippen MR) is 61.0 cm³/mol. The summed E-state index contributed by atoms with van der Waals surface area (Å²) in [6.45, 7) is 4.83. The number of carbonyl (C=O) groups excluding carboxylic acids is 1. The Bertz CT molecular complexity index is 412. The number of H-pyrrole nitrogens is 1. The molecule has 7 heteroatoms. The van der Waals surface area contributed by atoms with E-state index in [0.29, 0.717) is 5.92 Å². The Morgan fingerprint density at radius 2 is 2.06 bits per heavy atom. The standard InChI is InChI=1S/C11H16F3N3O/c1-6(2)4-8-5-9(17-16-8)15-10(18)7(3)11(12,13)14/h5-7H,4H2,1-3H3,(H2,15,16,17,18). The Balaban J connectivity index is 2.63. The van der Waals surface area contributed by atoms with Crippen LogP contribution in [-0.4, -0.2) is 22.3 Å². The highest BCUT2D eigenvalue weighted by Crippen LogP contribution is 2.26. The summed E-state index contributed by atoms with van der Waals surface area (Å²) in [5.41, 5.74) is 0.778. The number of nitrogens with zero attached hydrogens (tertiary/aromatic N) is 1. The Kier molecular flexibility index (Phi) is 4.37. The van der Waals surface area contributed by atoms with Crippen molar-refractivity contribution in [2.75, 3.05) is 5.32 Å². The van der Waals surface area contributed by atoms with Crippen LogP contribution in [0.2, 0.25) is 0 Å². The van der Waals surface area contributed by atoms with Gasteiger partial charge in [-0.15, -0.1) is 0 Å². The Hall–Kier alpha value is -1.53. The molecule has 0 aliphatic heterocycles. The molecule has 1 atom stereocenters. The van der Waals surface area contributed by atoms with Crippen molar-refractivity contribution in [2.24, 2.45) is 11.8 Å². The smallest absolute Gasteiger partial charge is 0.309 e. The molecule has 0 aliphatic carbocycles. The minimum absolute atomic E-state index is 0.117. The van der Waals surface area contributed by atoms with Gasteiger partial charge in [0.25, 0.3) is 0 Å². The molecular weight excluding hydrogens is 247 g/mol. The number of aromatic nitrogens is 2. The van der Waals surface area contributed by atoms with Crippen LogP contribution in [0.15, 0.2) is 6.07 Å². The molecule has 0 spiro atoms. The van der Waals surface area contributed by atoms with Gasteiger partial charge in [-0.25, -0.2) is 0 Å². The van der Waals surface area contributed by atoms with E-state index < -0.39 is 18.0 Å². The third kappa shape index (κ3) is 4.05. The fraction of sp³-hybridized carbons (Fsp3) is 0.636. The molecule has 0 radical (unpaired) electrons. The molecule has 1 heterocycles. The van der Waals surface area contributed by atoms with Crippen LogP contribution in [0, 0.1) is 11.8 Å². The SMILES string of the molecule is CC(C)Cc1cc(NC(=O)C(C)C(F)(F)F)n[nH]1. The molecule has 1 aromatic heterocycles. The summed E-state index contributed by atoms with van der Waals surface area (Å²) in [5.74, 6) is -2.65. The van der Waals surface area contributed by atoms with Gasteiger partial charge in [0.05, 0.1) is 0 Å². The van der Waals surface area contributed by atoms with Crippen molar-refractivity contribution in [1.29, 1.82) is 0 Å². The first-order valence-corrected chi connectivity index (χ1v) is 5.62. The first-order chi connectivity index (χ1) is 8.20. The van der Waals surface area contributed by atoms with Crippen molar-refractivity contribution in [3.8, 4) is 0 Å². The van der Waals surface area contributed by atoms with Gasteiger partial charge < -0.3 is 5.32 Å². The Morgan fingerprint density at radius 3 is 2.56 bits per heavy atom. The number of amides is 1. The zero-order valence-electron chi connectivity index (χ0n) is 10.4. The van der Waals surface area contributed by atoms with Crippen LogP contribution in [0.25, 0.3) is 0 Å². The van der Waals surface area contributed by atoms with Gasteiger partial charge in [-0.2, -0.15) is 18.3 Å². The van der Waals surface area contributed by atoms with E-state index in [1.54, 1.807) is 6.07 Å². The second-order valence-corrected chi connectivity index (χ2v) is 4.63. The third-order valence-electron chi connectivity index (χ3n) is 2.39. The molecular formula is C11H16F3N3O. The van der Waals surface area contributed by atoms with E-state index in [1.807, 2.05) is 13.8 Å². The van der Waals surface area contributed by atoms with Crippen molar-refractivity contribution in [2.45, 2.75) is 33.4 Å². The number of rotatable bonds is 4. The molecule has 1 aromatic rings. The first kappa shape index (κ1) is 14.5. The molecule has 0 fully saturated rings. The largest absolute Gasteiger partial charge is 0.400 e.